The number of nitrogens with zero attached hydrogens (tertiary/aromatic N) is 2. The SMILES string of the molecule is COC(=O)c1ccc(C(C)NC(=O)c2c(C(F)F)nn(C)c2Oc2cccc(CC(F)F)c2)cc1. The van der Waals surface area contributed by atoms with E-state index in [-0.39, 0.29) is 17.2 Å². The number of aryl methyl sites for hydroxylation is 1. The number of methoxy groups -OCH3 is 1. The van der Waals surface area contributed by atoms with Crippen molar-refractivity contribution < 1.29 is 36.6 Å². The minimum Gasteiger partial charge on any atom is -0.465 e. The Bertz CT molecular complexity index is 1200. The highest BCUT2D eigenvalue weighted by Crippen LogP contribution is 2.33. The van der Waals surface area contributed by atoms with Crippen molar-refractivity contribution in [2.45, 2.75) is 32.2 Å². The van der Waals surface area contributed by atoms with Gasteiger partial charge in [0.1, 0.15) is 17.0 Å². The normalized spacial score (nSPS) is 12.0. The number of esters is 1. The predicted molar refractivity (Wildman–Crippen MR) is 118 cm³/mol. The molecule has 0 saturated heterocycles. The smallest absolute Gasteiger partial charge is 0.337 e. The Balaban J connectivity index is 1.88. The van der Waals surface area contributed by atoms with Crippen LogP contribution in [0.3, 0.4) is 0 Å². The molecule has 0 fully saturated rings. The number of aromatic nitrogens is 2. The third-order valence-electron chi connectivity index (χ3n) is 5.14. The molecule has 1 N–H and O–H groups in total. The highest BCUT2D eigenvalue weighted by atomic mass is 19.3. The summed E-state index contributed by atoms with van der Waals surface area (Å²) in [5, 5.41) is 6.35. The molecule has 0 bridgehead atoms. The van der Waals surface area contributed by atoms with Crippen molar-refractivity contribution >= 4 is 11.9 Å². The van der Waals surface area contributed by atoms with Gasteiger partial charge in [-0.15, -0.1) is 0 Å². The van der Waals surface area contributed by atoms with Gasteiger partial charge in [-0.25, -0.2) is 27.0 Å². The van der Waals surface area contributed by atoms with Gasteiger partial charge in [0.15, 0.2) is 0 Å². The molecule has 1 atom stereocenters. The summed E-state index contributed by atoms with van der Waals surface area (Å²) >= 11 is 0. The van der Waals surface area contributed by atoms with Crippen LogP contribution in [0.25, 0.3) is 0 Å². The third-order valence-corrected chi connectivity index (χ3v) is 5.14. The van der Waals surface area contributed by atoms with E-state index in [0.29, 0.717) is 11.1 Å². The number of hydrogen-bond donors (Lipinski definition) is 1. The Labute approximate surface area is 198 Å². The van der Waals surface area contributed by atoms with Crippen LogP contribution in [-0.2, 0) is 18.2 Å². The zero-order valence-electron chi connectivity index (χ0n) is 19.1. The molecule has 3 aromatic rings. The van der Waals surface area contributed by atoms with Crippen molar-refractivity contribution in [3.05, 3.63) is 76.5 Å². The second kappa shape index (κ2) is 11.0. The van der Waals surface area contributed by atoms with Crippen molar-refractivity contribution in [3.63, 3.8) is 0 Å². The van der Waals surface area contributed by atoms with E-state index in [1.807, 2.05) is 0 Å². The molecule has 0 aliphatic rings. The van der Waals surface area contributed by atoms with Gasteiger partial charge in [-0.2, -0.15) is 5.10 Å². The molecule has 0 radical (unpaired) electrons. The second-order valence-corrected chi connectivity index (χ2v) is 7.64. The van der Waals surface area contributed by atoms with E-state index in [9.17, 15) is 27.2 Å². The van der Waals surface area contributed by atoms with Crippen molar-refractivity contribution in [1.82, 2.24) is 15.1 Å². The molecule has 35 heavy (non-hydrogen) atoms. The summed E-state index contributed by atoms with van der Waals surface area (Å²) in [5.74, 6) is -1.56. The lowest BCUT2D eigenvalue weighted by Gasteiger charge is -2.16. The largest absolute Gasteiger partial charge is 0.465 e. The number of ether oxygens (including phenoxy) is 2. The number of alkyl halides is 4. The molecule has 0 spiro atoms. The molecule has 0 aliphatic heterocycles. The number of rotatable bonds is 9. The molecule has 0 aliphatic carbocycles. The molecule has 1 unspecified atom stereocenters. The number of carbonyl (C=O) groups excluding carboxylic acids is 2. The fraction of sp³-hybridized carbons (Fsp3) is 0.292. The van der Waals surface area contributed by atoms with Gasteiger partial charge in [-0.05, 0) is 42.3 Å². The van der Waals surface area contributed by atoms with Gasteiger partial charge in [0.25, 0.3) is 12.3 Å². The maximum Gasteiger partial charge on any atom is 0.337 e. The highest BCUT2D eigenvalue weighted by Gasteiger charge is 2.30. The summed E-state index contributed by atoms with van der Waals surface area (Å²) in [5.41, 5.74) is -0.0528. The van der Waals surface area contributed by atoms with Crippen LogP contribution in [0, 0.1) is 0 Å². The van der Waals surface area contributed by atoms with Crippen LogP contribution in [0.1, 0.15) is 56.9 Å². The first-order valence-electron chi connectivity index (χ1n) is 10.5. The average molecular weight is 493 g/mol. The number of benzene rings is 2. The molecule has 1 amide bonds. The molecule has 1 heterocycles. The van der Waals surface area contributed by atoms with Crippen molar-refractivity contribution in [3.8, 4) is 11.6 Å². The molecule has 3 rings (SSSR count). The first kappa shape index (κ1) is 25.7. The van der Waals surface area contributed by atoms with Gasteiger partial charge in [0.2, 0.25) is 12.3 Å². The third kappa shape index (κ3) is 6.17. The lowest BCUT2D eigenvalue weighted by atomic mass is 10.1. The fourth-order valence-electron chi connectivity index (χ4n) is 3.42. The molecular weight excluding hydrogens is 470 g/mol. The van der Waals surface area contributed by atoms with E-state index in [1.165, 1.54) is 50.6 Å². The first-order chi connectivity index (χ1) is 16.6. The summed E-state index contributed by atoms with van der Waals surface area (Å²) < 4.78 is 64.2. The van der Waals surface area contributed by atoms with Crippen LogP contribution in [-0.4, -0.2) is 35.2 Å². The van der Waals surface area contributed by atoms with Gasteiger partial charge < -0.3 is 14.8 Å². The summed E-state index contributed by atoms with van der Waals surface area (Å²) in [6.07, 6.45) is -6.15. The van der Waals surface area contributed by atoms with Crippen molar-refractivity contribution in [1.29, 1.82) is 0 Å². The Morgan fingerprint density at radius 2 is 1.77 bits per heavy atom. The molecule has 0 saturated carbocycles. The average Bonchev–Trinajstić information content (AvgIpc) is 3.14. The van der Waals surface area contributed by atoms with Gasteiger partial charge in [0, 0.05) is 13.5 Å². The molecule has 11 heteroatoms. The Morgan fingerprint density at radius 3 is 2.37 bits per heavy atom. The van der Waals surface area contributed by atoms with E-state index in [0.717, 1.165) is 4.68 Å². The van der Waals surface area contributed by atoms with Gasteiger partial charge >= 0.3 is 5.97 Å². The van der Waals surface area contributed by atoms with E-state index < -0.39 is 48.4 Å². The molecule has 186 valence electrons. The molecular formula is C24H23F4N3O4. The number of carbonyl (C=O) groups is 2. The first-order valence-corrected chi connectivity index (χ1v) is 10.5. The standard InChI is InChI=1S/C24H23F4N3O4/c1-13(15-7-9-16(10-8-15)24(33)34-3)29-22(32)19-20(21(27)28)30-31(2)23(19)35-17-6-4-5-14(11-17)12-18(25)26/h4-11,13,18,21H,12H2,1-3H3,(H,29,32). The van der Waals surface area contributed by atoms with E-state index in [2.05, 4.69) is 15.2 Å². The molecule has 7 nitrogen and oxygen atoms in total. The number of hydrogen-bond acceptors (Lipinski definition) is 5. The van der Waals surface area contributed by atoms with Crippen LogP contribution in [0.4, 0.5) is 17.6 Å². The highest BCUT2D eigenvalue weighted by molar-refractivity contribution is 5.98. The Hall–Kier alpha value is -3.89. The summed E-state index contributed by atoms with van der Waals surface area (Å²) in [6.45, 7) is 1.64. The topological polar surface area (TPSA) is 82.5 Å². The fourth-order valence-corrected chi connectivity index (χ4v) is 3.42. The van der Waals surface area contributed by atoms with Gasteiger partial charge in [0.05, 0.1) is 18.7 Å². The number of halogens is 4. The number of amides is 1. The summed E-state index contributed by atoms with van der Waals surface area (Å²) in [4.78, 5) is 24.7. The van der Waals surface area contributed by atoms with Crippen LogP contribution >= 0.6 is 0 Å². The van der Waals surface area contributed by atoms with Gasteiger partial charge in [-0.3, -0.25) is 4.79 Å². The maximum atomic E-state index is 13.7. The summed E-state index contributed by atoms with van der Waals surface area (Å²) in [7, 11) is 2.58. The molecule has 1 aromatic heterocycles. The van der Waals surface area contributed by atoms with Crippen LogP contribution in [0.5, 0.6) is 11.6 Å². The Morgan fingerprint density at radius 1 is 1.09 bits per heavy atom. The zero-order valence-corrected chi connectivity index (χ0v) is 19.1. The minimum absolute atomic E-state index is 0.0902. The van der Waals surface area contributed by atoms with Crippen LogP contribution in [0.15, 0.2) is 48.5 Å². The Kier molecular flexibility index (Phi) is 8.10. The predicted octanol–water partition coefficient (Wildman–Crippen LogP) is 5.24. The van der Waals surface area contributed by atoms with Crippen LogP contribution in [0.2, 0.25) is 0 Å². The zero-order chi connectivity index (χ0) is 25.7. The lowest BCUT2D eigenvalue weighted by Crippen LogP contribution is -2.27. The minimum atomic E-state index is -3.07. The van der Waals surface area contributed by atoms with Gasteiger partial charge in [-0.1, -0.05) is 24.3 Å². The van der Waals surface area contributed by atoms with Crippen molar-refractivity contribution in [2.75, 3.05) is 7.11 Å². The van der Waals surface area contributed by atoms with E-state index >= 15 is 0 Å². The van der Waals surface area contributed by atoms with E-state index in [1.54, 1.807) is 19.1 Å². The maximum absolute atomic E-state index is 13.7. The number of nitrogens with one attached hydrogen (secondary N) is 1. The second-order valence-electron chi connectivity index (χ2n) is 7.64. The monoisotopic (exact) mass is 493 g/mol. The van der Waals surface area contributed by atoms with Crippen LogP contribution < -0.4 is 10.1 Å². The lowest BCUT2D eigenvalue weighted by molar-refractivity contribution is 0.0600. The van der Waals surface area contributed by atoms with E-state index in [4.69, 9.17) is 4.74 Å². The molecule has 2 aromatic carbocycles. The summed E-state index contributed by atoms with van der Waals surface area (Å²) in [6, 6.07) is 11.4. The van der Waals surface area contributed by atoms with Crippen molar-refractivity contribution in [2.24, 2.45) is 7.05 Å². The quantitative estimate of drug-likeness (QED) is 0.326.